The summed E-state index contributed by atoms with van der Waals surface area (Å²) in [5.74, 6) is -0.595. The average molecular weight is 269 g/mol. The predicted molar refractivity (Wildman–Crippen MR) is 64.3 cm³/mol. The van der Waals surface area contributed by atoms with Gasteiger partial charge in [0.2, 0.25) is 0 Å². The van der Waals surface area contributed by atoms with Gasteiger partial charge in [0, 0.05) is 18.4 Å². The first-order chi connectivity index (χ1) is 8.99. The smallest absolute Gasteiger partial charge is 0.271 e. The van der Waals surface area contributed by atoms with Crippen LogP contribution in [0.4, 0.5) is 8.78 Å². The number of aromatic nitrogens is 2. The Bertz CT molecular complexity index is 598. The number of nitrogens with zero attached hydrogens (tertiary/aromatic N) is 2. The van der Waals surface area contributed by atoms with Crippen molar-refractivity contribution in [3.05, 3.63) is 35.8 Å². The molecule has 0 aromatic carbocycles. The highest BCUT2D eigenvalue weighted by atomic mass is 19.3. The highest BCUT2D eigenvalue weighted by Gasteiger charge is 2.19. The van der Waals surface area contributed by atoms with Gasteiger partial charge in [0.05, 0.1) is 0 Å². The zero-order valence-corrected chi connectivity index (χ0v) is 10.2. The first kappa shape index (κ1) is 13.4. The van der Waals surface area contributed by atoms with E-state index in [1.165, 1.54) is 6.20 Å². The Balaban J connectivity index is 2.12. The van der Waals surface area contributed by atoms with Crippen molar-refractivity contribution >= 4 is 11.6 Å². The van der Waals surface area contributed by atoms with Gasteiger partial charge < -0.3 is 14.8 Å². The number of carbonyl (C=O) groups is 1. The van der Waals surface area contributed by atoms with E-state index < -0.39 is 25.0 Å². The number of hydrogen-bond donors (Lipinski definition) is 2. The van der Waals surface area contributed by atoms with Crippen LogP contribution in [0.1, 0.15) is 16.2 Å². The summed E-state index contributed by atoms with van der Waals surface area (Å²) < 4.78 is 25.9. The first-order valence-corrected chi connectivity index (χ1v) is 5.68. The van der Waals surface area contributed by atoms with Crippen LogP contribution < -0.4 is 5.32 Å². The van der Waals surface area contributed by atoms with E-state index in [0.29, 0.717) is 5.65 Å². The number of nitrogens with one attached hydrogen (secondary N) is 1. The predicted octanol–water partition coefficient (Wildman–Crippen LogP) is 0.999. The van der Waals surface area contributed by atoms with Gasteiger partial charge in [-0.1, -0.05) is 6.07 Å². The number of carbonyl (C=O) groups excluding carboxylic acids is 1. The molecule has 0 saturated carbocycles. The van der Waals surface area contributed by atoms with E-state index in [2.05, 4.69) is 10.3 Å². The van der Waals surface area contributed by atoms with Crippen molar-refractivity contribution in [3.63, 3.8) is 0 Å². The van der Waals surface area contributed by atoms with Crippen LogP contribution in [0.5, 0.6) is 0 Å². The Morgan fingerprint density at radius 2 is 2.26 bits per heavy atom. The van der Waals surface area contributed by atoms with Gasteiger partial charge >= 0.3 is 0 Å². The van der Waals surface area contributed by atoms with Crippen molar-refractivity contribution in [2.24, 2.45) is 0 Å². The second kappa shape index (κ2) is 5.31. The summed E-state index contributed by atoms with van der Waals surface area (Å²) in [5, 5.41) is 11.1. The first-order valence-electron chi connectivity index (χ1n) is 5.68. The zero-order valence-electron chi connectivity index (χ0n) is 10.2. The molecule has 2 aromatic rings. The number of rotatable bonds is 4. The number of hydrogen-bond acceptors (Lipinski definition) is 3. The Morgan fingerprint density at radius 1 is 1.53 bits per heavy atom. The van der Waals surface area contributed by atoms with Gasteiger partial charge in [-0.2, -0.15) is 0 Å². The van der Waals surface area contributed by atoms with Gasteiger partial charge in [-0.3, -0.25) is 4.79 Å². The lowest BCUT2D eigenvalue weighted by atomic mass is 10.3. The number of fused-ring (bicyclic) bond motifs is 1. The Morgan fingerprint density at radius 3 is 2.89 bits per heavy atom. The second-order valence-electron chi connectivity index (χ2n) is 4.13. The van der Waals surface area contributed by atoms with E-state index >= 15 is 0 Å². The third-order valence-electron chi connectivity index (χ3n) is 2.69. The number of imidazole rings is 1. The van der Waals surface area contributed by atoms with E-state index in [1.807, 2.05) is 13.0 Å². The fourth-order valence-corrected chi connectivity index (χ4v) is 1.63. The van der Waals surface area contributed by atoms with Crippen LogP contribution in [0, 0.1) is 6.92 Å². The molecule has 0 radical (unpaired) electrons. The molecule has 0 saturated heterocycles. The largest absolute Gasteiger partial charge is 0.385 e. The number of aliphatic hydroxyl groups is 1. The number of pyridine rings is 1. The molecule has 0 aliphatic rings. The fraction of sp³-hybridized carbons (Fsp3) is 0.333. The number of alkyl halides is 2. The van der Waals surface area contributed by atoms with Crippen molar-refractivity contribution < 1.29 is 18.7 Å². The van der Waals surface area contributed by atoms with Crippen molar-refractivity contribution in [2.45, 2.75) is 19.5 Å². The van der Waals surface area contributed by atoms with Crippen LogP contribution in [-0.4, -0.2) is 39.5 Å². The summed E-state index contributed by atoms with van der Waals surface area (Å²) in [5.41, 5.74) is 1.62. The standard InChI is InChI=1S/C12H13F2N3O2/c1-7-3-2-4-10-16-8(6-17(7)10)12(19)15-5-9(18)11(13)14/h2-4,6,9,11,18H,5H2,1H3,(H,15,19). The van der Waals surface area contributed by atoms with E-state index in [1.54, 1.807) is 16.5 Å². The summed E-state index contributed by atoms with van der Waals surface area (Å²) in [6, 6.07) is 5.40. The molecule has 1 amide bonds. The number of amides is 1. The Hall–Kier alpha value is -2.02. The highest BCUT2D eigenvalue weighted by Crippen LogP contribution is 2.08. The minimum atomic E-state index is -2.89. The lowest BCUT2D eigenvalue weighted by Gasteiger charge is -2.09. The number of aryl methyl sites for hydroxylation is 1. The second-order valence-corrected chi connectivity index (χ2v) is 4.13. The van der Waals surface area contributed by atoms with Crippen LogP contribution in [0.15, 0.2) is 24.4 Å². The molecule has 1 unspecified atom stereocenters. The van der Waals surface area contributed by atoms with E-state index in [0.717, 1.165) is 5.69 Å². The molecule has 1 atom stereocenters. The molecule has 0 spiro atoms. The number of halogens is 2. The maximum atomic E-state index is 12.1. The SMILES string of the molecule is Cc1cccc2nc(C(=O)NCC(O)C(F)F)cn12. The Kier molecular flexibility index (Phi) is 3.75. The molecule has 0 aliphatic heterocycles. The molecular weight excluding hydrogens is 256 g/mol. The van der Waals surface area contributed by atoms with Crippen LogP contribution >= 0.6 is 0 Å². The summed E-state index contributed by atoms with van der Waals surface area (Å²) >= 11 is 0. The van der Waals surface area contributed by atoms with Crippen molar-refractivity contribution in [1.29, 1.82) is 0 Å². The summed E-state index contributed by atoms with van der Waals surface area (Å²) in [4.78, 5) is 15.8. The topological polar surface area (TPSA) is 66.6 Å². The van der Waals surface area contributed by atoms with Crippen molar-refractivity contribution in [2.75, 3.05) is 6.54 Å². The van der Waals surface area contributed by atoms with E-state index in [-0.39, 0.29) is 5.69 Å². The van der Waals surface area contributed by atoms with Gasteiger partial charge in [0.25, 0.3) is 12.3 Å². The van der Waals surface area contributed by atoms with Gasteiger partial charge in [-0.05, 0) is 19.1 Å². The maximum Gasteiger partial charge on any atom is 0.271 e. The molecule has 0 aliphatic carbocycles. The quantitative estimate of drug-likeness (QED) is 0.870. The molecule has 0 fully saturated rings. The molecule has 2 rings (SSSR count). The molecule has 2 N–H and O–H groups in total. The van der Waals surface area contributed by atoms with Gasteiger partial charge in [-0.15, -0.1) is 0 Å². The van der Waals surface area contributed by atoms with Crippen LogP contribution in [0.2, 0.25) is 0 Å². The summed E-state index contributed by atoms with van der Waals surface area (Å²) in [6.45, 7) is 1.35. The maximum absolute atomic E-state index is 12.1. The molecule has 7 heteroatoms. The van der Waals surface area contributed by atoms with Crippen LogP contribution in [-0.2, 0) is 0 Å². The molecule has 2 heterocycles. The minimum absolute atomic E-state index is 0.121. The van der Waals surface area contributed by atoms with Gasteiger partial charge in [0.1, 0.15) is 17.4 Å². The third-order valence-corrected chi connectivity index (χ3v) is 2.69. The van der Waals surface area contributed by atoms with Crippen LogP contribution in [0.3, 0.4) is 0 Å². The minimum Gasteiger partial charge on any atom is -0.385 e. The lowest BCUT2D eigenvalue weighted by Crippen LogP contribution is -2.35. The molecule has 102 valence electrons. The Labute approximate surface area is 107 Å². The monoisotopic (exact) mass is 269 g/mol. The molecule has 5 nitrogen and oxygen atoms in total. The molecule has 19 heavy (non-hydrogen) atoms. The molecular formula is C12H13F2N3O2. The van der Waals surface area contributed by atoms with Crippen molar-refractivity contribution in [1.82, 2.24) is 14.7 Å². The normalized spacial score (nSPS) is 12.9. The van der Waals surface area contributed by atoms with Gasteiger partial charge in [0.15, 0.2) is 0 Å². The number of aliphatic hydroxyl groups excluding tert-OH is 1. The zero-order chi connectivity index (χ0) is 14.0. The van der Waals surface area contributed by atoms with Crippen LogP contribution in [0.25, 0.3) is 5.65 Å². The average Bonchev–Trinajstić information content (AvgIpc) is 2.80. The van der Waals surface area contributed by atoms with E-state index in [9.17, 15) is 13.6 Å². The third kappa shape index (κ3) is 2.87. The molecule has 0 bridgehead atoms. The fourth-order valence-electron chi connectivity index (χ4n) is 1.63. The highest BCUT2D eigenvalue weighted by molar-refractivity contribution is 5.92. The lowest BCUT2D eigenvalue weighted by molar-refractivity contribution is -0.00272. The summed E-state index contributed by atoms with van der Waals surface area (Å²) in [7, 11) is 0. The van der Waals surface area contributed by atoms with Crippen molar-refractivity contribution in [3.8, 4) is 0 Å². The molecule has 2 aromatic heterocycles. The van der Waals surface area contributed by atoms with Gasteiger partial charge in [-0.25, -0.2) is 13.8 Å². The summed E-state index contributed by atoms with van der Waals surface area (Å²) in [6.07, 6.45) is -3.24. The van der Waals surface area contributed by atoms with E-state index in [4.69, 9.17) is 5.11 Å².